The van der Waals surface area contributed by atoms with Gasteiger partial charge in [0, 0.05) is 6.42 Å². The third kappa shape index (κ3) is 4.19. The van der Waals surface area contributed by atoms with Gasteiger partial charge in [-0.05, 0) is 36.0 Å². The molecular weight excluding hydrogens is 254 g/mol. The fraction of sp³-hybridized carbons (Fsp3) is 0.500. The van der Waals surface area contributed by atoms with E-state index in [1.54, 1.807) is 6.07 Å². The molecule has 0 radical (unpaired) electrons. The van der Waals surface area contributed by atoms with Crippen molar-refractivity contribution in [2.24, 2.45) is 0 Å². The van der Waals surface area contributed by atoms with Gasteiger partial charge < -0.3 is 10.2 Å². The average molecular weight is 272 g/mol. The first kappa shape index (κ1) is 15.4. The van der Waals surface area contributed by atoms with Crippen molar-refractivity contribution >= 4 is 5.97 Å². The van der Waals surface area contributed by atoms with E-state index in [0.29, 0.717) is 12.0 Å². The van der Waals surface area contributed by atoms with E-state index < -0.39 is 18.1 Å². The van der Waals surface area contributed by atoms with Crippen molar-refractivity contribution in [3.63, 3.8) is 0 Å². The minimum absolute atomic E-state index is 0.0463. The molecule has 5 heteroatoms. The molecule has 1 rings (SSSR count). The van der Waals surface area contributed by atoms with E-state index in [2.05, 4.69) is 0 Å². The van der Waals surface area contributed by atoms with Crippen LogP contribution in [-0.4, -0.2) is 16.2 Å². The lowest BCUT2D eigenvalue weighted by atomic mass is 9.94. The molecule has 0 fully saturated rings. The van der Waals surface area contributed by atoms with Crippen LogP contribution in [0, 0.1) is 0 Å². The first-order valence-corrected chi connectivity index (χ1v) is 6.18. The van der Waals surface area contributed by atoms with Crippen LogP contribution in [-0.2, 0) is 11.2 Å². The maximum atomic E-state index is 12.8. The van der Waals surface area contributed by atoms with Crippen molar-refractivity contribution < 1.29 is 23.8 Å². The van der Waals surface area contributed by atoms with E-state index in [9.17, 15) is 18.7 Å². The van der Waals surface area contributed by atoms with Gasteiger partial charge in [0.25, 0.3) is 6.43 Å². The number of aliphatic carboxylic acids is 1. The zero-order valence-corrected chi connectivity index (χ0v) is 11.0. The predicted molar refractivity (Wildman–Crippen MR) is 67.7 cm³/mol. The molecule has 0 bridgehead atoms. The van der Waals surface area contributed by atoms with Gasteiger partial charge in [0.2, 0.25) is 0 Å². The van der Waals surface area contributed by atoms with Gasteiger partial charge in [-0.1, -0.05) is 19.9 Å². The Hall–Kier alpha value is -1.65. The van der Waals surface area contributed by atoms with E-state index in [-0.39, 0.29) is 24.3 Å². The Kier molecular flexibility index (Phi) is 5.27. The minimum Gasteiger partial charge on any atom is -0.507 e. The highest BCUT2D eigenvalue weighted by molar-refractivity contribution is 5.66. The maximum Gasteiger partial charge on any atom is 0.303 e. The summed E-state index contributed by atoms with van der Waals surface area (Å²) in [6.07, 6.45) is -2.20. The predicted octanol–water partition coefficient (Wildman–Crippen LogP) is 3.86. The largest absolute Gasteiger partial charge is 0.507 e. The molecule has 2 N–H and O–H groups in total. The number of phenolic OH excluding ortho intramolecular Hbond substituents is 1. The van der Waals surface area contributed by atoms with Crippen LogP contribution in [0.3, 0.4) is 0 Å². The van der Waals surface area contributed by atoms with Crippen LogP contribution in [0.25, 0.3) is 0 Å². The summed E-state index contributed by atoms with van der Waals surface area (Å²) in [6.45, 7) is 3.76. The second-order valence-electron chi connectivity index (χ2n) is 4.82. The third-order valence-corrected chi connectivity index (χ3v) is 2.98. The van der Waals surface area contributed by atoms with Gasteiger partial charge in [-0.2, -0.15) is 0 Å². The number of phenols is 1. The van der Waals surface area contributed by atoms with E-state index >= 15 is 0 Å². The summed E-state index contributed by atoms with van der Waals surface area (Å²) >= 11 is 0. The van der Waals surface area contributed by atoms with Gasteiger partial charge in [-0.15, -0.1) is 0 Å². The summed E-state index contributed by atoms with van der Waals surface area (Å²) in [5.74, 6) is -1.28. The van der Waals surface area contributed by atoms with Crippen molar-refractivity contribution in [3.8, 4) is 5.75 Å². The number of alkyl halides is 2. The maximum absolute atomic E-state index is 12.8. The molecule has 0 aromatic heterocycles. The summed E-state index contributed by atoms with van der Waals surface area (Å²) in [4.78, 5) is 10.4. The monoisotopic (exact) mass is 272 g/mol. The van der Waals surface area contributed by atoms with Gasteiger partial charge >= 0.3 is 5.97 Å². The van der Waals surface area contributed by atoms with Gasteiger partial charge in [-0.25, -0.2) is 8.78 Å². The van der Waals surface area contributed by atoms with Crippen molar-refractivity contribution in [2.45, 2.75) is 45.5 Å². The fourth-order valence-corrected chi connectivity index (χ4v) is 1.86. The van der Waals surface area contributed by atoms with Crippen LogP contribution in [0.15, 0.2) is 12.1 Å². The second-order valence-corrected chi connectivity index (χ2v) is 4.82. The van der Waals surface area contributed by atoms with Crippen molar-refractivity contribution in [1.29, 1.82) is 0 Å². The Morgan fingerprint density at radius 3 is 2.42 bits per heavy atom. The number of hydrogen-bond acceptors (Lipinski definition) is 2. The summed E-state index contributed by atoms with van der Waals surface area (Å²) in [7, 11) is 0. The first-order valence-electron chi connectivity index (χ1n) is 6.18. The normalized spacial score (nSPS) is 11.3. The highest BCUT2D eigenvalue weighted by Gasteiger charge is 2.18. The average Bonchev–Trinajstić information content (AvgIpc) is 2.30. The molecule has 1 aromatic rings. The molecule has 1 aromatic carbocycles. The number of carboxylic acids is 1. The number of carboxylic acid groups (broad SMARTS) is 1. The molecule has 0 aliphatic heterocycles. The van der Waals surface area contributed by atoms with Crippen LogP contribution in [0.2, 0.25) is 0 Å². The number of carbonyl (C=O) groups is 1. The number of aromatic hydroxyl groups is 1. The molecule has 0 spiro atoms. The molecule has 0 amide bonds. The summed E-state index contributed by atoms with van der Waals surface area (Å²) in [5.41, 5.74) is 0.734. The Balaban J connectivity index is 3.03. The zero-order valence-electron chi connectivity index (χ0n) is 11.0. The van der Waals surface area contributed by atoms with Crippen LogP contribution in [0.5, 0.6) is 5.75 Å². The van der Waals surface area contributed by atoms with E-state index in [1.165, 1.54) is 6.07 Å². The molecular formula is C14H18F2O3. The summed E-state index contributed by atoms with van der Waals surface area (Å²) in [5, 5.41) is 18.4. The van der Waals surface area contributed by atoms with Crippen LogP contribution in [0.1, 0.15) is 55.7 Å². The quantitative estimate of drug-likeness (QED) is 0.826. The van der Waals surface area contributed by atoms with E-state index in [0.717, 1.165) is 5.56 Å². The Bertz CT molecular complexity index is 456. The lowest BCUT2D eigenvalue weighted by Gasteiger charge is -2.14. The van der Waals surface area contributed by atoms with Gasteiger partial charge in [0.05, 0.1) is 5.56 Å². The summed E-state index contributed by atoms with van der Waals surface area (Å²) in [6, 6.07) is 2.99. The third-order valence-electron chi connectivity index (χ3n) is 2.98. The van der Waals surface area contributed by atoms with Gasteiger partial charge in [0.1, 0.15) is 5.75 Å². The Labute approximate surface area is 110 Å². The molecule has 0 aliphatic rings. The molecule has 3 nitrogen and oxygen atoms in total. The van der Waals surface area contributed by atoms with Gasteiger partial charge in [0.15, 0.2) is 0 Å². The van der Waals surface area contributed by atoms with Crippen molar-refractivity contribution in [2.75, 3.05) is 0 Å². The van der Waals surface area contributed by atoms with Crippen LogP contribution >= 0.6 is 0 Å². The number of benzene rings is 1. The molecule has 0 unspecified atom stereocenters. The lowest BCUT2D eigenvalue weighted by molar-refractivity contribution is -0.137. The first-order chi connectivity index (χ1) is 8.82. The van der Waals surface area contributed by atoms with Crippen LogP contribution in [0.4, 0.5) is 8.78 Å². The zero-order chi connectivity index (χ0) is 14.6. The standard InChI is InChI=1S/C14H18F2O3/c1-8(2)10-6-9(4-3-5-12(17)18)13(19)11(7-10)14(15)16/h6-8,14,19H,3-5H2,1-2H3,(H,17,18). The topological polar surface area (TPSA) is 57.5 Å². The fourth-order valence-electron chi connectivity index (χ4n) is 1.86. The molecule has 0 heterocycles. The molecule has 0 saturated carbocycles. The van der Waals surface area contributed by atoms with E-state index in [4.69, 9.17) is 5.11 Å². The molecule has 106 valence electrons. The number of hydrogen-bond donors (Lipinski definition) is 2. The SMILES string of the molecule is CC(C)c1cc(CCCC(=O)O)c(O)c(C(F)F)c1. The molecule has 0 atom stereocenters. The summed E-state index contributed by atoms with van der Waals surface area (Å²) < 4.78 is 25.7. The second kappa shape index (κ2) is 6.50. The van der Waals surface area contributed by atoms with Gasteiger partial charge in [-0.3, -0.25) is 4.79 Å². The molecule has 0 saturated heterocycles. The minimum atomic E-state index is -2.74. The number of halogens is 2. The highest BCUT2D eigenvalue weighted by Crippen LogP contribution is 2.35. The molecule has 19 heavy (non-hydrogen) atoms. The smallest absolute Gasteiger partial charge is 0.303 e. The van der Waals surface area contributed by atoms with Crippen molar-refractivity contribution in [1.82, 2.24) is 0 Å². The molecule has 0 aliphatic carbocycles. The lowest BCUT2D eigenvalue weighted by Crippen LogP contribution is -2.00. The van der Waals surface area contributed by atoms with Crippen molar-refractivity contribution in [3.05, 3.63) is 28.8 Å². The Morgan fingerprint density at radius 2 is 1.95 bits per heavy atom. The highest BCUT2D eigenvalue weighted by atomic mass is 19.3. The number of rotatable bonds is 6. The van der Waals surface area contributed by atoms with E-state index in [1.807, 2.05) is 13.8 Å². The number of aryl methyl sites for hydroxylation is 1. The van der Waals surface area contributed by atoms with Crippen LogP contribution < -0.4 is 0 Å². The Morgan fingerprint density at radius 1 is 1.32 bits per heavy atom.